The molecule has 0 bridgehead atoms. The number of rotatable bonds is 3. The Bertz CT molecular complexity index is 508. The maximum absolute atomic E-state index is 5.81. The first-order valence-corrected chi connectivity index (χ1v) is 6.98. The van der Waals surface area contributed by atoms with Crippen LogP contribution < -0.4 is 10.5 Å². The highest BCUT2D eigenvalue weighted by Gasteiger charge is 2.12. The number of ether oxygens (including phenoxy) is 1. The second-order valence-corrected chi connectivity index (χ2v) is 6.00. The van der Waals surface area contributed by atoms with E-state index in [0.717, 1.165) is 5.75 Å². The van der Waals surface area contributed by atoms with Gasteiger partial charge in [-0.25, -0.2) is 0 Å². The van der Waals surface area contributed by atoms with Crippen LogP contribution in [0.3, 0.4) is 0 Å². The van der Waals surface area contributed by atoms with Crippen molar-refractivity contribution >= 4 is 11.3 Å². The monoisotopic (exact) mass is 261 g/mol. The van der Waals surface area contributed by atoms with Gasteiger partial charge in [-0.1, -0.05) is 12.1 Å². The first-order chi connectivity index (χ1) is 8.49. The summed E-state index contributed by atoms with van der Waals surface area (Å²) in [6.07, 6.45) is 0. The minimum atomic E-state index is -0.160. The highest BCUT2D eigenvalue weighted by Crippen LogP contribution is 2.29. The number of thiophene rings is 1. The van der Waals surface area contributed by atoms with Crippen molar-refractivity contribution < 1.29 is 4.74 Å². The Kier molecular flexibility index (Phi) is 3.73. The Morgan fingerprint density at radius 1 is 1.11 bits per heavy atom. The van der Waals surface area contributed by atoms with Crippen molar-refractivity contribution in [1.29, 1.82) is 0 Å². The SMILES string of the molecule is CC(C)(C)Oc1ccc(-c2cscc2CN)cc1. The molecule has 2 aromatic rings. The number of hydrogen-bond donors (Lipinski definition) is 1. The predicted molar refractivity (Wildman–Crippen MR) is 78.0 cm³/mol. The van der Waals surface area contributed by atoms with Crippen LogP contribution in [-0.2, 0) is 6.54 Å². The fourth-order valence-corrected chi connectivity index (χ4v) is 2.67. The average Bonchev–Trinajstić information content (AvgIpc) is 2.76. The summed E-state index contributed by atoms with van der Waals surface area (Å²) in [7, 11) is 0. The third-order valence-electron chi connectivity index (χ3n) is 2.55. The van der Waals surface area contributed by atoms with Crippen LogP contribution >= 0.6 is 11.3 Å². The van der Waals surface area contributed by atoms with Crippen molar-refractivity contribution in [3.8, 4) is 16.9 Å². The fraction of sp³-hybridized carbons (Fsp3) is 0.333. The van der Waals surface area contributed by atoms with E-state index >= 15 is 0 Å². The summed E-state index contributed by atoms with van der Waals surface area (Å²) in [5, 5.41) is 4.25. The van der Waals surface area contributed by atoms with Gasteiger partial charge in [-0.15, -0.1) is 0 Å². The lowest BCUT2D eigenvalue weighted by atomic mass is 10.0. The average molecular weight is 261 g/mol. The minimum Gasteiger partial charge on any atom is -0.488 e. The second-order valence-electron chi connectivity index (χ2n) is 5.25. The molecular weight excluding hydrogens is 242 g/mol. The normalized spacial score (nSPS) is 11.6. The minimum absolute atomic E-state index is 0.160. The molecule has 3 heteroatoms. The van der Waals surface area contributed by atoms with Crippen molar-refractivity contribution in [3.63, 3.8) is 0 Å². The maximum atomic E-state index is 5.81. The number of nitrogens with two attached hydrogens (primary N) is 1. The summed E-state index contributed by atoms with van der Waals surface area (Å²) in [5.41, 5.74) is 9.18. The van der Waals surface area contributed by atoms with Gasteiger partial charge in [0.05, 0.1) is 0 Å². The van der Waals surface area contributed by atoms with Gasteiger partial charge >= 0.3 is 0 Å². The van der Waals surface area contributed by atoms with Crippen LogP contribution in [0.1, 0.15) is 26.3 Å². The van der Waals surface area contributed by atoms with E-state index < -0.39 is 0 Å². The molecule has 18 heavy (non-hydrogen) atoms. The summed E-state index contributed by atoms with van der Waals surface area (Å²) < 4.78 is 5.81. The van der Waals surface area contributed by atoms with Gasteiger partial charge in [0.15, 0.2) is 0 Å². The molecule has 0 aliphatic rings. The van der Waals surface area contributed by atoms with Gasteiger partial charge in [0.2, 0.25) is 0 Å². The van der Waals surface area contributed by atoms with Gasteiger partial charge in [0.25, 0.3) is 0 Å². The summed E-state index contributed by atoms with van der Waals surface area (Å²) >= 11 is 1.69. The lowest BCUT2D eigenvalue weighted by molar-refractivity contribution is 0.131. The van der Waals surface area contributed by atoms with Gasteiger partial charge in [0.1, 0.15) is 11.4 Å². The first kappa shape index (κ1) is 13.1. The van der Waals surface area contributed by atoms with Gasteiger partial charge < -0.3 is 10.5 Å². The van der Waals surface area contributed by atoms with Crippen LogP contribution in [0.5, 0.6) is 5.75 Å². The Morgan fingerprint density at radius 2 is 1.78 bits per heavy atom. The van der Waals surface area contributed by atoms with Crippen LogP contribution in [0.15, 0.2) is 35.0 Å². The highest BCUT2D eigenvalue weighted by molar-refractivity contribution is 7.08. The van der Waals surface area contributed by atoms with Gasteiger partial charge in [-0.2, -0.15) is 11.3 Å². The quantitative estimate of drug-likeness (QED) is 0.904. The van der Waals surface area contributed by atoms with Crippen LogP contribution in [-0.4, -0.2) is 5.60 Å². The third-order valence-corrected chi connectivity index (χ3v) is 3.34. The largest absolute Gasteiger partial charge is 0.488 e. The van der Waals surface area contributed by atoms with Crippen molar-refractivity contribution in [2.45, 2.75) is 32.9 Å². The van der Waals surface area contributed by atoms with E-state index in [4.69, 9.17) is 10.5 Å². The van der Waals surface area contributed by atoms with Gasteiger partial charge in [0, 0.05) is 6.54 Å². The van der Waals surface area contributed by atoms with Crippen molar-refractivity contribution in [3.05, 3.63) is 40.6 Å². The van der Waals surface area contributed by atoms with Gasteiger partial charge in [-0.05, 0) is 60.4 Å². The molecule has 0 aliphatic heterocycles. The van der Waals surface area contributed by atoms with Gasteiger partial charge in [-0.3, -0.25) is 0 Å². The number of benzene rings is 1. The molecule has 1 heterocycles. The van der Waals surface area contributed by atoms with Crippen LogP contribution in [0, 0.1) is 0 Å². The first-order valence-electron chi connectivity index (χ1n) is 6.04. The Hall–Kier alpha value is -1.32. The summed E-state index contributed by atoms with van der Waals surface area (Å²) in [6.45, 7) is 6.73. The molecule has 0 saturated carbocycles. The zero-order valence-corrected chi connectivity index (χ0v) is 11.9. The Balaban J connectivity index is 2.23. The predicted octanol–water partition coefficient (Wildman–Crippen LogP) is 4.05. The number of hydrogen-bond acceptors (Lipinski definition) is 3. The molecule has 1 aromatic heterocycles. The molecule has 96 valence electrons. The molecule has 2 nitrogen and oxygen atoms in total. The van der Waals surface area contributed by atoms with E-state index in [-0.39, 0.29) is 5.60 Å². The second kappa shape index (κ2) is 5.12. The smallest absolute Gasteiger partial charge is 0.120 e. The molecule has 0 atom stereocenters. The summed E-state index contributed by atoms with van der Waals surface area (Å²) in [4.78, 5) is 0. The summed E-state index contributed by atoms with van der Waals surface area (Å²) in [5.74, 6) is 0.899. The molecular formula is C15H19NOS. The molecule has 0 unspecified atom stereocenters. The van der Waals surface area contributed by atoms with Crippen LogP contribution in [0.2, 0.25) is 0 Å². The summed E-state index contributed by atoms with van der Waals surface area (Å²) in [6, 6.07) is 8.20. The van der Waals surface area contributed by atoms with E-state index in [1.807, 2.05) is 32.9 Å². The Labute approximate surface area is 112 Å². The molecule has 0 amide bonds. The standard InChI is InChI=1S/C15H19NOS/c1-15(2,3)17-13-6-4-11(5-7-13)14-10-18-9-12(14)8-16/h4-7,9-10H,8,16H2,1-3H3. The molecule has 2 rings (SSSR count). The van der Waals surface area contributed by atoms with Crippen molar-refractivity contribution in [2.75, 3.05) is 0 Å². The molecule has 0 spiro atoms. The van der Waals surface area contributed by atoms with E-state index in [9.17, 15) is 0 Å². The lowest BCUT2D eigenvalue weighted by Gasteiger charge is -2.21. The van der Waals surface area contributed by atoms with Crippen LogP contribution in [0.25, 0.3) is 11.1 Å². The molecule has 0 fully saturated rings. The molecule has 1 aromatic carbocycles. The van der Waals surface area contributed by atoms with E-state index in [2.05, 4.69) is 22.9 Å². The topological polar surface area (TPSA) is 35.2 Å². The van der Waals surface area contributed by atoms with E-state index in [1.165, 1.54) is 16.7 Å². The molecule has 0 aliphatic carbocycles. The lowest BCUT2D eigenvalue weighted by Crippen LogP contribution is -2.22. The van der Waals surface area contributed by atoms with Crippen molar-refractivity contribution in [2.24, 2.45) is 5.73 Å². The van der Waals surface area contributed by atoms with Crippen molar-refractivity contribution in [1.82, 2.24) is 0 Å². The maximum Gasteiger partial charge on any atom is 0.120 e. The van der Waals surface area contributed by atoms with E-state index in [1.54, 1.807) is 11.3 Å². The zero-order chi connectivity index (χ0) is 13.2. The highest BCUT2D eigenvalue weighted by atomic mass is 32.1. The molecule has 0 saturated heterocycles. The zero-order valence-electron chi connectivity index (χ0n) is 11.1. The molecule has 0 radical (unpaired) electrons. The van der Waals surface area contributed by atoms with Crippen LogP contribution in [0.4, 0.5) is 0 Å². The third kappa shape index (κ3) is 3.12. The fourth-order valence-electron chi connectivity index (χ4n) is 1.79. The Morgan fingerprint density at radius 3 is 2.33 bits per heavy atom. The van der Waals surface area contributed by atoms with E-state index in [0.29, 0.717) is 6.54 Å². The molecule has 2 N–H and O–H groups in total.